The first-order chi connectivity index (χ1) is 6.33. The fourth-order valence-electron chi connectivity index (χ4n) is 1.35. The smallest absolute Gasteiger partial charge is 0.295 e. The summed E-state index contributed by atoms with van der Waals surface area (Å²) in [6, 6.07) is 7.60. The Balaban J connectivity index is 2.78. The highest BCUT2D eigenvalue weighted by atomic mass is 16.3. The average molecular weight is 174 g/mol. The Bertz CT molecular complexity index is 493. The molecule has 13 heavy (non-hydrogen) atoms. The highest BCUT2D eigenvalue weighted by molar-refractivity contribution is 5.72. The molecule has 0 bridgehead atoms. The van der Waals surface area contributed by atoms with E-state index in [2.05, 4.69) is 6.58 Å². The van der Waals surface area contributed by atoms with Gasteiger partial charge < -0.3 is 4.42 Å². The predicted octanol–water partition coefficient (Wildman–Crippen LogP) is 1.90. The van der Waals surface area contributed by atoms with Crippen LogP contribution in [0, 0.1) is 5.41 Å². The molecule has 0 unspecified atom stereocenters. The van der Waals surface area contributed by atoms with Crippen molar-refractivity contribution in [2.75, 3.05) is 0 Å². The fourth-order valence-corrected chi connectivity index (χ4v) is 1.35. The molecular formula is C10H10N2O. The molecule has 0 fully saturated rings. The summed E-state index contributed by atoms with van der Waals surface area (Å²) < 4.78 is 7.00. The first-order valence-electron chi connectivity index (χ1n) is 4.07. The lowest BCUT2D eigenvalue weighted by Gasteiger charge is -1.95. The van der Waals surface area contributed by atoms with Crippen LogP contribution < -0.4 is 5.68 Å². The number of rotatable bonds is 2. The molecule has 0 aliphatic rings. The molecule has 0 atom stereocenters. The van der Waals surface area contributed by atoms with E-state index in [1.54, 1.807) is 10.6 Å². The van der Waals surface area contributed by atoms with E-state index >= 15 is 0 Å². The van der Waals surface area contributed by atoms with Crippen LogP contribution in [0.25, 0.3) is 11.1 Å². The van der Waals surface area contributed by atoms with Crippen molar-refractivity contribution in [2.45, 2.75) is 6.54 Å². The van der Waals surface area contributed by atoms with Crippen molar-refractivity contribution in [1.29, 1.82) is 5.41 Å². The normalized spacial score (nSPS) is 10.5. The Labute approximate surface area is 75.4 Å². The molecule has 0 aliphatic heterocycles. The summed E-state index contributed by atoms with van der Waals surface area (Å²) in [6.07, 6.45) is 1.75. The highest BCUT2D eigenvalue weighted by Gasteiger charge is 2.02. The van der Waals surface area contributed by atoms with Crippen molar-refractivity contribution < 1.29 is 4.42 Å². The number of nitrogens with one attached hydrogen (secondary N) is 1. The van der Waals surface area contributed by atoms with Crippen molar-refractivity contribution in [3.8, 4) is 0 Å². The minimum absolute atomic E-state index is 0.168. The third-order valence-corrected chi connectivity index (χ3v) is 1.92. The predicted molar refractivity (Wildman–Crippen MR) is 50.3 cm³/mol. The van der Waals surface area contributed by atoms with Crippen molar-refractivity contribution in [3.63, 3.8) is 0 Å². The van der Waals surface area contributed by atoms with Crippen LogP contribution in [0.5, 0.6) is 0 Å². The number of aromatic nitrogens is 1. The van der Waals surface area contributed by atoms with Crippen molar-refractivity contribution in [2.24, 2.45) is 0 Å². The standard InChI is InChI=1S/C10H10N2O/c1-2-7-12-8-5-3-4-6-9(8)13-10(12)11/h2-6,11H,1,7H2. The van der Waals surface area contributed by atoms with Crippen LogP contribution in [0.2, 0.25) is 0 Å². The van der Waals surface area contributed by atoms with Crippen LogP contribution in [0.15, 0.2) is 41.3 Å². The number of hydrogen-bond acceptors (Lipinski definition) is 2. The monoisotopic (exact) mass is 174 g/mol. The molecule has 2 aromatic rings. The summed E-state index contributed by atoms with van der Waals surface area (Å²) in [5.41, 5.74) is 1.85. The van der Waals surface area contributed by atoms with Gasteiger partial charge in [0.25, 0.3) is 5.68 Å². The second-order valence-corrected chi connectivity index (χ2v) is 2.77. The van der Waals surface area contributed by atoms with Gasteiger partial charge in [0.2, 0.25) is 0 Å². The van der Waals surface area contributed by atoms with E-state index in [1.807, 2.05) is 24.3 Å². The molecule has 1 heterocycles. The minimum atomic E-state index is 0.168. The summed E-state index contributed by atoms with van der Waals surface area (Å²) in [7, 11) is 0. The number of hydrogen-bond donors (Lipinski definition) is 1. The van der Waals surface area contributed by atoms with Crippen LogP contribution >= 0.6 is 0 Å². The number of oxazole rings is 1. The number of para-hydroxylation sites is 2. The highest BCUT2D eigenvalue weighted by Crippen LogP contribution is 2.10. The van der Waals surface area contributed by atoms with E-state index < -0.39 is 0 Å². The second-order valence-electron chi connectivity index (χ2n) is 2.77. The Kier molecular flexibility index (Phi) is 1.77. The van der Waals surface area contributed by atoms with Gasteiger partial charge in [0, 0.05) is 6.54 Å². The zero-order valence-electron chi connectivity index (χ0n) is 7.16. The number of fused-ring (bicyclic) bond motifs is 1. The lowest BCUT2D eigenvalue weighted by molar-refractivity contribution is 0.488. The molecular weight excluding hydrogens is 164 g/mol. The van der Waals surface area contributed by atoms with Gasteiger partial charge in [-0.05, 0) is 12.1 Å². The topological polar surface area (TPSA) is 41.9 Å². The van der Waals surface area contributed by atoms with E-state index in [0.717, 1.165) is 11.1 Å². The van der Waals surface area contributed by atoms with E-state index in [9.17, 15) is 0 Å². The molecule has 0 spiro atoms. The molecule has 66 valence electrons. The molecule has 0 saturated heterocycles. The van der Waals surface area contributed by atoms with E-state index in [4.69, 9.17) is 9.83 Å². The van der Waals surface area contributed by atoms with E-state index in [0.29, 0.717) is 6.54 Å². The summed E-state index contributed by atoms with van der Waals surface area (Å²) >= 11 is 0. The maximum Gasteiger partial charge on any atom is 0.295 e. The second kappa shape index (κ2) is 2.94. The fraction of sp³-hybridized carbons (Fsp3) is 0.100. The van der Waals surface area contributed by atoms with Crippen LogP contribution in [0.1, 0.15) is 0 Å². The first-order valence-corrected chi connectivity index (χ1v) is 4.07. The van der Waals surface area contributed by atoms with E-state index in [-0.39, 0.29) is 5.68 Å². The zero-order chi connectivity index (χ0) is 9.26. The van der Waals surface area contributed by atoms with Gasteiger partial charge >= 0.3 is 0 Å². The third kappa shape index (κ3) is 1.18. The van der Waals surface area contributed by atoms with Gasteiger partial charge in [0.1, 0.15) is 0 Å². The van der Waals surface area contributed by atoms with Crippen LogP contribution in [-0.2, 0) is 6.54 Å². The van der Waals surface area contributed by atoms with Crippen molar-refractivity contribution in [1.82, 2.24) is 4.57 Å². The molecule has 0 saturated carbocycles. The maximum atomic E-state index is 7.55. The molecule has 3 heteroatoms. The van der Waals surface area contributed by atoms with Crippen molar-refractivity contribution >= 4 is 11.1 Å². The van der Waals surface area contributed by atoms with Gasteiger partial charge in [-0.15, -0.1) is 6.58 Å². The summed E-state index contributed by atoms with van der Waals surface area (Å²) in [5.74, 6) is 0. The Morgan fingerprint density at radius 1 is 1.46 bits per heavy atom. The molecule has 0 amide bonds. The first kappa shape index (κ1) is 7.86. The number of nitrogens with zero attached hydrogens (tertiary/aromatic N) is 1. The summed E-state index contributed by atoms with van der Waals surface area (Å²) in [5, 5.41) is 7.55. The molecule has 2 rings (SSSR count). The quantitative estimate of drug-likeness (QED) is 0.694. The van der Waals surface area contributed by atoms with Crippen molar-refractivity contribution in [3.05, 3.63) is 42.6 Å². The largest absolute Gasteiger partial charge is 0.424 e. The lowest BCUT2D eigenvalue weighted by atomic mass is 10.3. The van der Waals surface area contributed by atoms with Gasteiger partial charge in [0.15, 0.2) is 5.58 Å². The molecule has 3 nitrogen and oxygen atoms in total. The maximum absolute atomic E-state index is 7.55. The van der Waals surface area contributed by atoms with Crippen LogP contribution in [0.4, 0.5) is 0 Å². The Morgan fingerprint density at radius 2 is 2.23 bits per heavy atom. The summed E-state index contributed by atoms with van der Waals surface area (Å²) in [4.78, 5) is 0. The molecule has 1 aromatic heterocycles. The van der Waals surface area contributed by atoms with Gasteiger partial charge in [0.05, 0.1) is 5.52 Å². The summed E-state index contributed by atoms with van der Waals surface area (Å²) in [6.45, 7) is 4.24. The molecule has 0 aliphatic carbocycles. The van der Waals surface area contributed by atoms with Gasteiger partial charge in [-0.1, -0.05) is 18.2 Å². The lowest BCUT2D eigenvalue weighted by Crippen LogP contribution is -2.12. The Hall–Kier alpha value is -1.77. The Morgan fingerprint density at radius 3 is 3.00 bits per heavy atom. The minimum Gasteiger partial charge on any atom is -0.424 e. The average Bonchev–Trinajstić information content (AvgIpc) is 2.44. The zero-order valence-corrected chi connectivity index (χ0v) is 7.16. The SMILES string of the molecule is C=CCn1c(=N)oc2ccccc21. The van der Waals surface area contributed by atoms with Crippen LogP contribution in [0.3, 0.4) is 0 Å². The third-order valence-electron chi connectivity index (χ3n) is 1.92. The van der Waals surface area contributed by atoms with Gasteiger partial charge in [-0.25, -0.2) is 0 Å². The van der Waals surface area contributed by atoms with E-state index in [1.165, 1.54) is 0 Å². The van der Waals surface area contributed by atoms with Crippen LogP contribution in [-0.4, -0.2) is 4.57 Å². The molecule has 1 N–H and O–H groups in total. The molecule has 1 aromatic carbocycles. The van der Waals surface area contributed by atoms with Gasteiger partial charge in [-0.2, -0.15) is 0 Å². The molecule has 0 radical (unpaired) electrons. The number of allylic oxidation sites excluding steroid dienone is 1. The number of benzene rings is 1. The van der Waals surface area contributed by atoms with Gasteiger partial charge in [-0.3, -0.25) is 9.98 Å².